The summed E-state index contributed by atoms with van der Waals surface area (Å²) in [5.41, 5.74) is 7.86. The fourth-order valence-electron chi connectivity index (χ4n) is 3.77. The fourth-order valence-corrected chi connectivity index (χ4v) is 4.03. The number of primary amides is 1. The number of benzene rings is 3. The number of aromatic nitrogens is 2. The summed E-state index contributed by atoms with van der Waals surface area (Å²) in [6, 6.07) is 19.9. The molecule has 1 aromatic heterocycles. The first kappa shape index (κ1) is 25.1. The minimum atomic E-state index is -0.914. The van der Waals surface area contributed by atoms with Crippen LogP contribution in [0, 0.1) is 0 Å². The molecule has 10 heteroatoms. The maximum atomic E-state index is 12.7. The van der Waals surface area contributed by atoms with Crippen molar-refractivity contribution in [2.75, 3.05) is 31.3 Å². The first-order valence-corrected chi connectivity index (χ1v) is 11.9. The van der Waals surface area contributed by atoms with Gasteiger partial charge in [-0.2, -0.15) is 0 Å². The number of hydrogen-bond donors (Lipinski definition) is 3. The third-order valence-corrected chi connectivity index (χ3v) is 5.88. The van der Waals surface area contributed by atoms with Gasteiger partial charge in [0.2, 0.25) is 0 Å². The summed E-state index contributed by atoms with van der Waals surface area (Å²) in [7, 11) is 3.95. The van der Waals surface area contributed by atoms with E-state index in [1.807, 2.05) is 56.6 Å². The molecule has 36 heavy (non-hydrogen) atoms. The van der Waals surface area contributed by atoms with Crippen LogP contribution in [0.3, 0.4) is 0 Å². The maximum absolute atomic E-state index is 12.7. The SMILES string of the molecule is CN(C)CC(Nc1ncnc2c(OC(N)=O)cccc12)c1cccc(NC(=O)c2ccc(Br)cc2)c1. The van der Waals surface area contributed by atoms with E-state index in [0.29, 0.717) is 34.5 Å². The molecule has 4 aromatic rings. The second kappa shape index (κ2) is 11.1. The van der Waals surface area contributed by atoms with Crippen LogP contribution in [0.25, 0.3) is 10.9 Å². The number of carbonyl (C=O) groups excluding carboxylic acids is 2. The Morgan fingerprint density at radius 1 is 1.06 bits per heavy atom. The van der Waals surface area contributed by atoms with Crippen molar-refractivity contribution in [2.45, 2.75) is 6.04 Å². The van der Waals surface area contributed by atoms with E-state index in [2.05, 4.69) is 41.4 Å². The standard InChI is InChI=1S/C26H25BrN6O3/c1-33(2)14-21(32-24-20-7-4-8-22(36-26(28)35)23(20)29-15-30-24)17-5-3-6-19(13-17)31-25(34)16-9-11-18(27)12-10-16/h3-13,15,21H,14H2,1-2H3,(H2,28,35)(H,31,34)(H,29,30,32). The molecule has 0 aliphatic carbocycles. The first-order chi connectivity index (χ1) is 17.3. The van der Waals surface area contributed by atoms with Crippen LogP contribution in [0.2, 0.25) is 0 Å². The molecule has 2 amide bonds. The number of amides is 2. The molecule has 0 saturated carbocycles. The molecule has 0 fully saturated rings. The van der Waals surface area contributed by atoms with Crippen LogP contribution in [0.1, 0.15) is 22.0 Å². The normalized spacial score (nSPS) is 11.8. The Kier molecular flexibility index (Phi) is 7.77. The van der Waals surface area contributed by atoms with Crippen molar-refractivity contribution in [2.24, 2.45) is 5.73 Å². The lowest BCUT2D eigenvalue weighted by Crippen LogP contribution is -2.26. The van der Waals surface area contributed by atoms with E-state index < -0.39 is 6.09 Å². The first-order valence-electron chi connectivity index (χ1n) is 11.1. The van der Waals surface area contributed by atoms with Gasteiger partial charge in [-0.05, 0) is 68.2 Å². The molecule has 0 saturated heterocycles. The van der Waals surface area contributed by atoms with Gasteiger partial charge in [0.15, 0.2) is 5.75 Å². The van der Waals surface area contributed by atoms with E-state index in [1.54, 1.807) is 24.3 Å². The molecular weight excluding hydrogens is 524 g/mol. The Labute approximate surface area is 216 Å². The van der Waals surface area contributed by atoms with Crippen molar-refractivity contribution < 1.29 is 14.3 Å². The van der Waals surface area contributed by atoms with Crippen molar-refractivity contribution >= 4 is 50.3 Å². The van der Waals surface area contributed by atoms with Crippen LogP contribution in [0.5, 0.6) is 5.75 Å². The van der Waals surface area contributed by atoms with Gasteiger partial charge in [0.25, 0.3) is 5.91 Å². The zero-order valence-electron chi connectivity index (χ0n) is 19.7. The molecule has 9 nitrogen and oxygen atoms in total. The molecule has 0 radical (unpaired) electrons. The average molecular weight is 549 g/mol. The van der Waals surface area contributed by atoms with Crippen LogP contribution in [-0.2, 0) is 0 Å². The molecule has 1 atom stereocenters. The lowest BCUT2D eigenvalue weighted by atomic mass is 10.0. The van der Waals surface area contributed by atoms with Gasteiger partial charge in [-0.25, -0.2) is 14.8 Å². The van der Waals surface area contributed by atoms with E-state index in [-0.39, 0.29) is 17.7 Å². The van der Waals surface area contributed by atoms with Gasteiger partial charge in [0.05, 0.1) is 6.04 Å². The summed E-state index contributed by atoms with van der Waals surface area (Å²) >= 11 is 3.38. The quantitative estimate of drug-likeness (QED) is 0.288. The lowest BCUT2D eigenvalue weighted by molar-refractivity contribution is 0.102. The number of ether oxygens (including phenoxy) is 1. The summed E-state index contributed by atoms with van der Waals surface area (Å²) in [5, 5.41) is 7.13. The summed E-state index contributed by atoms with van der Waals surface area (Å²) < 4.78 is 6.01. The Morgan fingerprint density at radius 3 is 2.53 bits per heavy atom. The number of carbonyl (C=O) groups is 2. The van der Waals surface area contributed by atoms with Gasteiger partial charge in [0, 0.05) is 27.7 Å². The van der Waals surface area contributed by atoms with E-state index in [4.69, 9.17) is 10.5 Å². The molecule has 3 aromatic carbocycles. The Bertz CT molecular complexity index is 1390. The number of halogens is 1. The Morgan fingerprint density at radius 2 is 1.81 bits per heavy atom. The topological polar surface area (TPSA) is 122 Å². The zero-order chi connectivity index (χ0) is 25.7. The van der Waals surface area contributed by atoms with Gasteiger partial charge < -0.3 is 26.0 Å². The molecule has 0 bridgehead atoms. The van der Waals surface area contributed by atoms with Crippen molar-refractivity contribution in [3.63, 3.8) is 0 Å². The summed E-state index contributed by atoms with van der Waals surface area (Å²) in [6.45, 7) is 0.646. The van der Waals surface area contributed by atoms with Crippen molar-refractivity contribution in [3.05, 3.63) is 88.7 Å². The summed E-state index contributed by atoms with van der Waals surface area (Å²) in [4.78, 5) is 34.8. The Hall–Kier alpha value is -4.02. The third kappa shape index (κ3) is 6.15. The number of anilines is 2. The average Bonchev–Trinajstić information content (AvgIpc) is 2.84. The molecule has 4 rings (SSSR count). The van der Waals surface area contributed by atoms with Crippen LogP contribution < -0.4 is 21.1 Å². The lowest BCUT2D eigenvalue weighted by Gasteiger charge is -2.24. The minimum Gasteiger partial charge on any atom is -0.408 e. The van der Waals surface area contributed by atoms with Gasteiger partial charge in [-0.15, -0.1) is 0 Å². The second-order valence-corrected chi connectivity index (χ2v) is 9.26. The zero-order valence-corrected chi connectivity index (χ0v) is 21.3. The third-order valence-electron chi connectivity index (χ3n) is 5.35. The van der Waals surface area contributed by atoms with Gasteiger partial charge in [-0.3, -0.25) is 4.79 Å². The molecule has 4 N–H and O–H groups in total. The number of nitrogens with one attached hydrogen (secondary N) is 2. The smallest absolute Gasteiger partial charge is 0.408 e. The van der Waals surface area contributed by atoms with Crippen molar-refractivity contribution in [1.82, 2.24) is 14.9 Å². The molecule has 1 unspecified atom stereocenters. The highest BCUT2D eigenvalue weighted by molar-refractivity contribution is 9.10. The van der Waals surface area contributed by atoms with Crippen molar-refractivity contribution in [3.8, 4) is 5.75 Å². The van der Waals surface area contributed by atoms with Crippen LogP contribution in [0.4, 0.5) is 16.3 Å². The van der Waals surface area contributed by atoms with Crippen LogP contribution in [0.15, 0.2) is 77.5 Å². The van der Waals surface area contributed by atoms with Gasteiger partial charge in [-0.1, -0.05) is 34.1 Å². The Balaban J connectivity index is 1.62. The predicted octanol–water partition coefficient (Wildman–Crippen LogP) is 4.82. The van der Waals surface area contributed by atoms with E-state index in [0.717, 1.165) is 10.0 Å². The largest absolute Gasteiger partial charge is 0.410 e. The molecule has 0 aliphatic rings. The van der Waals surface area contributed by atoms with Crippen LogP contribution in [-0.4, -0.2) is 47.5 Å². The molecule has 0 spiro atoms. The molecular formula is C26H25BrN6O3. The highest BCUT2D eigenvalue weighted by Crippen LogP contribution is 2.30. The second-order valence-electron chi connectivity index (χ2n) is 8.34. The fraction of sp³-hybridized carbons (Fsp3) is 0.154. The van der Waals surface area contributed by atoms with Gasteiger partial charge >= 0.3 is 6.09 Å². The number of hydrogen-bond acceptors (Lipinski definition) is 7. The number of nitrogens with zero attached hydrogens (tertiary/aromatic N) is 3. The number of para-hydroxylation sites is 1. The summed E-state index contributed by atoms with van der Waals surface area (Å²) in [5.74, 6) is 0.638. The number of nitrogens with two attached hydrogens (primary N) is 1. The van der Waals surface area contributed by atoms with Crippen molar-refractivity contribution in [1.29, 1.82) is 0 Å². The summed E-state index contributed by atoms with van der Waals surface area (Å²) in [6.07, 6.45) is 0.489. The molecule has 0 aliphatic heterocycles. The van der Waals surface area contributed by atoms with E-state index in [1.165, 1.54) is 6.33 Å². The number of rotatable bonds is 8. The maximum Gasteiger partial charge on any atom is 0.410 e. The molecule has 184 valence electrons. The van der Waals surface area contributed by atoms with E-state index >= 15 is 0 Å². The highest BCUT2D eigenvalue weighted by atomic mass is 79.9. The molecule has 1 heterocycles. The number of likely N-dealkylation sites (N-methyl/N-ethyl adjacent to an activating group) is 1. The van der Waals surface area contributed by atoms with Crippen LogP contribution >= 0.6 is 15.9 Å². The number of fused-ring (bicyclic) bond motifs is 1. The monoisotopic (exact) mass is 548 g/mol. The predicted molar refractivity (Wildman–Crippen MR) is 143 cm³/mol. The van der Waals surface area contributed by atoms with E-state index in [9.17, 15) is 9.59 Å². The van der Waals surface area contributed by atoms with Gasteiger partial charge in [0.1, 0.15) is 17.7 Å². The highest BCUT2D eigenvalue weighted by Gasteiger charge is 2.18. The minimum absolute atomic E-state index is 0.177.